The third-order valence-electron chi connectivity index (χ3n) is 4.66. The molecule has 0 N–H and O–H groups in total. The zero-order valence-corrected chi connectivity index (χ0v) is 15.9. The number of hydrogen-bond donors (Lipinski definition) is 0. The van der Waals surface area contributed by atoms with Crippen LogP contribution in [-0.2, 0) is 13.0 Å². The van der Waals surface area contributed by atoms with Crippen LogP contribution < -0.4 is 0 Å². The zero-order valence-electron chi connectivity index (χ0n) is 14.3. The lowest BCUT2D eigenvalue weighted by molar-refractivity contribution is 0.0628. The van der Waals surface area contributed by atoms with E-state index in [-0.39, 0.29) is 5.91 Å². The largest absolute Gasteiger partial charge is 0.336 e. The van der Waals surface area contributed by atoms with Crippen LogP contribution in [0.1, 0.15) is 28.4 Å². The highest BCUT2D eigenvalue weighted by Gasteiger charge is 2.22. The summed E-state index contributed by atoms with van der Waals surface area (Å²) in [5, 5.41) is 1.17. The Bertz CT molecular complexity index is 738. The van der Waals surface area contributed by atoms with Crippen LogP contribution in [0.4, 0.5) is 0 Å². The Balaban J connectivity index is 1.55. The lowest BCUT2D eigenvalue weighted by Crippen LogP contribution is -2.48. The Morgan fingerprint density at radius 1 is 0.920 bits per heavy atom. The lowest BCUT2D eigenvalue weighted by Gasteiger charge is -2.34. The fourth-order valence-corrected chi connectivity index (χ4v) is 3.39. The van der Waals surface area contributed by atoms with Crippen molar-refractivity contribution < 1.29 is 4.79 Å². The van der Waals surface area contributed by atoms with E-state index in [1.165, 1.54) is 5.56 Å². The standard InChI is InChI=1S/C20H22Cl2N2O/c1-2-15-3-6-17(7-4-15)20(25)24-11-9-23(10-12-24)14-16-5-8-18(21)19(22)13-16/h3-8,13H,2,9-12,14H2,1H3. The van der Waals surface area contributed by atoms with Gasteiger partial charge in [0.15, 0.2) is 0 Å². The molecule has 25 heavy (non-hydrogen) atoms. The average molecular weight is 377 g/mol. The second kappa shape index (κ2) is 8.22. The van der Waals surface area contributed by atoms with Crippen molar-refractivity contribution in [3.8, 4) is 0 Å². The second-order valence-electron chi connectivity index (χ2n) is 6.37. The number of nitrogens with zero attached hydrogens (tertiary/aromatic N) is 2. The van der Waals surface area contributed by atoms with E-state index >= 15 is 0 Å². The molecule has 2 aromatic rings. The van der Waals surface area contributed by atoms with E-state index in [4.69, 9.17) is 23.2 Å². The number of carbonyl (C=O) groups excluding carboxylic acids is 1. The third kappa shape index (κ3) is 4.55. The number of hydrogen-bond acceptors (Lipinski definition) is 2. The minimum Gasteiger partial charge on any atom is -0.336 e. The molecule has 1 aliphatic heterocycles. The highest BCUT2D eigenvalue weighted by molar-refractivity contribution is 6.42. The van der Waals surface area contributed by atoms with E-state index in [0.29, 0.717) is 10.0 Å². The number of halogens is 2. The first-order valence-electron chi connectivity index (χ1n) is 8.61. The number of rotatable bonds is 4. The van der Waals surface area contributed by atoms with Gasteiger partial charge in [0.25, 0.3) is 5.91 Å². The van der Waals surface area contributed by atoms with Crippen molar-refractivity contribution in [3.63, 3.8) is 0 Å². The molecule has 1 fully saturated rings. The lowest BCUT2D eigenvalue weighted by atomic mass is 10.1. The van der Waals surface area contributed by atoms with Gasteiger partial charge < -0.3 is 4.90 Å². The summed E-state index contributed by atoms with van der Waals surface area (Å²) in [6.45, 7) is 6.15. The first-order chi connectivity index (χ1) is 12.1. The second-order valence-corrected chi connectivity index (χ2v) is 7.18. The highest BCUT2D eigenvalue weighted by Crippen LogP contribution is 2.23. The fourth-order valence-electron chi connectivity index (χ4n) is 3.07. The highest BCUT2D eigenvalue weighted by atomic mass is 35.5. The van der Waals surface area contributed by atoms with Gasteiger partial charge in [-0.05, 0) is 41.8 Å². The van der Waals surface area contributed by atoms with Gasteiger partial charge in [0, 0.05) is 38.3 Å². The summed E-state index contributed by atoms with van der Waals surface area (Å²) in [7, 11) is 0. The topological polar surface area (TPSA) is 23.6 Å². The van der Waals surface area contributed by atoms with E-state index in [1.807, 2.05) is 47.4 Å². The maximum absolute atomic E-state index is 12.6. The molecule has 2 aromatic carbocycles. The van der Waals surface area contributed by atoms with E-state index in [1.54, 1.807) is 0 Å². The molecule has 3 nitrogen and oxygen atoms in total. The normalized spacial score (nSPS) is 15.4. The third-order valence-corrected chi connectivity index (χ3v) is 5.40. The van der Waals surface area contributed by atoms with Gasteiger partial charge in [-0.1, -0.05) is 48.3 Å². The summed E-state index contributed by atoms with van der Waals surface area (Å²) in [6.07, 6.45) is 0.988. The van der Waals surface area contributed by atoms with Crippen molar-refractivity contribution >= 4 is 29.1 Å². The van der Waals surface area contributed by atoms with Gasteiger partial charge in [-0.3, -0.25) is 9.69 Å². The molecular formula is C20H22Cl2N2O. The molecule has 5 heteroatoms. The van der Waals surface area contributed by atoms with Gasteiger partial charge in [-0.25, -0.2) is 0 Å². The molecule has 1 heterocycles. The summed E-state index contributed by atoms with van der Waals surface area (Å²) >= 11 is 12.0. The monoisotopic (exact) mass is 376 g/mol. The predicted molar refractivity (Wildman–Crippen MR) is 103 cm³/mol. The van der Waals surface area contributed by atoms with E-state index in [2.05, 4.69) is 11.8 Å². The van der Waals surface area contributed by atoms with Gasteiger partial charge in [0.05, 0.1) is 10.0 Å². The van der Waals surface area contributed by atoms with Gasteiger partial charge in [0.2, 0.25) is 0 Å². The van der Waals surface area contributed by atoms with Crippen LogP contribution in [0.5, 0.6) is 0 Å². The van der Waals surface area contributed by atoms with Crippen LogP contribution in [0.2, 0.25) is 10.0 Å². The Morgan fingerprint density at radius 2 is 1.56 bits per heavy atom. The first-order valence-corrected chi connectivity index (χ1v) is 9.37. The summed E-state index contributed by atoms with van der Waals surface area (Å²) < 4.78 is 0. The number of aryl methyl sites for hydroxylation is 1. The van der Waals surface area contributed by atoms with Crippen molar-refractivity contribution in [2.24, 2.45) is 0 Å². The quantitative estimate of drug-likeness (QED) is 0.783. The first kappa shape index (κ1) is 18.2. The summed E-state index contributed by atoms with van der Waals surface area (Å²) in [5.74, 6) is 0.122. The van der Waals surface area contributed by atoms with Gasteiger partial charge >= 0.3 is 0 Å². The van der Waals surface area contributed by atoms with Crippen molar-refractivity contribution in [1.29, 1.82) is 0 Å². The van der Waals surface area contributed by atoms with Crippen LogP contribution in [0.3, 0.4) is 0 Å². The molecule has 1 amide bonds. The summed E-state index contributed by atoms with van der Waals surface area (Å²) in [5.41, 5.74) is 3.17. The molecule has 0 aromatic heterocycles. The SMILES string of the molecule is CCc1ccc(C(=O)N2CCN(Cc3ccc(Cl)c(Cl)c3)CC2)cc1. The van der Waals surface area contributed by atoms with Crippen molar-refractivity contribution in [3.05, 3.63) is 69.2 Å². The number of benzene rings is 2. The molecule has 0 unspecified atom stereocenters. The number of amides is 1. The minimum atomic E-state index is 0.122. The minimum absolute atomic E-state index is 0.122. The number of carbonyl (C=O) groups is 1. The molecule has 0 aliphatic carbocycles. The van der Waals surface area contributed by atoms with E-state index in [9.17, 15) is 4.79 Å². The Morgan fingerprint density at radius 3 is 2.16 bits per heavy atom. The molecule has 3 rings (SSSR count). The molecule has 0 atom stereocenters. The van der Waals surface area contributed by atoms with E-state index < -0.39 is 0 Å². The average Bonchev–Trinajstić information content (AvgIpc) is 2.65. The van der Waals surface area contributed by atoms with Crippen LogP contribution in [0, 0.1) is 0 Å². The summed E-state index contributed by atoms with van der Waals surface area (Å²) in [4.78, 5) is 16.9. The maximum atomic E-state index is 12.6. The zero-order chi connectivity index (χ0) is 17.8. The molecule has 0 radical (unpaired) electrons. The Kier molecular flexibility index (Phi) is 6.00. The van der Waals surface area contributed by atoms with Crippen molar-refractivity contribution in [2.75, 3.05) is 26.2 Å². The van der Waals surface area contributed by atoms with Crippen LogP contribution in [0.25, 0.3) is 0 Å². The molecular weight excluding hydrogens is 355 g/mol. The van der Waals surface area contributed by atoms with Gasteiger partial charge in [0.1, 0.15) is 0 Å². The van der Waals surface area contributed by atoms with Crippen LogP contribution in [0.15, 0.2) is 42.5 Å². The Hall–Kier alpha value is -1.55. The number of piperazine rings is 1. The molecule has 0 bridgehead atoms. The van der Waals surface area contributed by atoms with Gasteiger partial charge in [-0.15, -0.1) is 0 Å². The fraction of sp³-hybridized carbons (Fsp3) is 0.350. The Labute approximate surface area is 159 Å². The maximum Gasteiger partial charge on any atom is 0.253 e. The molecule has 0 spiro atoms. The van der Waals surface area contributed by atoms with Crippen molar-refractivity contribution in [1.82, 2.24) is 9.80 Å². The van der Waals surface area contributed by atoms with Crippen LogP contribution >= 0.6 is 23.2 Å². The van der Waals surface area contributed by atoms with Gasteiger partial charge in [-0.2, -0.15) is 0 Å². The van der Waals surface area contributed by atoms with Crippen LogP contribution in [-0.4, -0.2) is 41.9 Å². The molecule has 1 aliphatic rings. The molecule has 1 saturated heterocycles. The molecule has 132 valence electrons. The van der Waals surface area contributed by atoms with E-state index in [0.717, 1.165) is 50.3 Å². The predicted octanol–water partition coefficient (Wildman–Crippen LogP) is 4.51. The molecule has 0 saturated carbocycles. The van der Waals surface area contributed by atoms with Crippen molar-refractivity contribution in [2.45, 2.75) is 19.9 Å². The summed E-state index contributed by atoms with van der Waals surface area (Å²) in [6, 6.07) is 13.7. The smallest absolute Gasteiger partial charge is 0.253 e.